The number of piperazine rings is 1. The molecule has 3 aliphatic rings. The van der Waals surface area contributed by atoms with Gasteiger partial charge in [-0.1, -0.05) is 5.92 Å². The van der Waals surface area contributed by atoms with Crippen molar-refractivity contribution in [3.63, 3.8) is 0 Å². The molecular weight excluding hydrogens is 360 g/mol. The van der Waals surface area contributed by atoms with E-state index in [0.717, 1.165) is 36.8 Å². The lowest BCUT2D eigenvalue weighted by molar-refractivity contribution is -0.136. The number of rotatable bonds is 3. The molecule has 1 atom stereocenters. The van der Waals surface area contributed by atoms with E-state index in [-0.39, 0.29) is 18.4 Å². The number of carbonyl (C=O) groups excluding carboxylic acids is 4. The van der Waals surface area contributed by atoms with Gasteiger partial charge in [-0.05, 0) is 24.6 Å². The van der Waals surface area contributed by atoms with Crippen LogP contribution in [-0.4, -0.2) is 72.2 Å². The van der Waals surface area contributed by atoms with Crippen LogP contribution in [0.15, 0.2) is 18.2 Å². The van der Waals surface area contributed by atoms with Gasteiger partial charge < -0.3 is 4.90 Å². The molecule has 0 spiro atoms. The summed E-state index contributed by atoms with van der Waals surface area (Å²) in [5.74, 6) is 0.753. The number of imide groups is 2. The third kappa shape index (κ3) is 3.04. The maximum atomic E-state index is 12.9. The molecule has 2 fully saturated rings. The van der Waals surface area contributed by atoms with E-state index in [1.165, 1.54) is 0 Å². The number of anilines is 1. The lowest BCUT2D eigenvalue weighted by Gasteiger charge is -2.35. The minimum Gasteiger partial charge on any atom is -0.369 e. The van der Waals surface area contributed by atoms with Gasteiger partial charge in [0.2, 0.25) is 11.8 Å². The van der Waals surface area contributed by atoms with Crippen molar-refractivity contribution in [2.75, 3.05) is 37.6 Å². The lowest BCUT2D eigenvalue weighted by atomic mass is 10.0. The van der Waals surface area contributed by atoms with Crippen molar-refractivity contribution in [2.45, 2.75) is 18.9 Å². The van der Waals surface area contributed by atoms with Gasteiger partial charge in [0.15, 0.2) is 0 Å². The minimum atomic E-state index is -0.953. The van der Waals surface area contributed by atoms with Gasteiger partial charge in [0.05, 0.1) is 17.7 Å². The smallest absolute Gasteiger partial charge is 0.262 e. The highest BCUT2D eigenvalue weighted by molar-refractivity contribution is 6.23. The van der Waals surface area contributed by atoms with Gasteiger partial charge in [0.25, 0.3) is 11.8 Å². The summed E-state index contributed by atoms with van der Waals surface area (Å²) in [6, 6.07) is 4.21. The Hall–Kier alpha value is -3.18. The predicted octanol–water partition coefficient (Wildman–Crippen LogP) is -0.157. The summed E-state index contributed by atoms with van der Waals surface area (Å²) >= 11 is 0. The van der Waals surface area contributed by atoms with Crippen molar-refractivity contribution in [3.05, 3.63) is 29.3 Å². The number of nitrogens with one attached hydrogen (secondary N) is 1. The van der Waals surface area contributed by atoms with E-state index in [1.807, 2.05) is 6.07 Å². The first-order valence-corrected chi connectivity index (χ1v) is 9.22. The number of amides is 4. The molecule has 0 radical (unpaired) electrons. The summed E-state index contributed by atoms with van der Waals surface area (Å²) in [5, 5.41) is 2.20. The Balaban J connectivity index is 1.51. The molecule has 4 rings (SSSR count). The molecule has 1 N–H and O–H groups in total. The SMILES string of the molecule is [2H]C#CCN1CCN(c2ccc3c(c2)C(=O)N(C2CCC(=O)NC2=O)C3=O)CC1. The van der Waals surface area contributed by atoms with Crippen molar-refractivity contribution < 1.29 is 20.5 Å². The van der Waals surface area contributed by atoms with E-state index < -0.39 is 29.7 Å². The Bertz CT molecular complexity index is 959. The average Bonchev–Trinajstić information content (AvgIpc) is 2.97. The van der Waals surface area contributed by atoms with Crippen molar-refractivity contribution in [3.8, 4) is 12.3 Å². The van der Waals surface area contributed by atoms with E-state index in [0.29, 0.717) is 12.1 Å². The first kappa shape index (κ1) is 17.0. The van der Waals surface area contributed by atoms with Crippen LogP contribution in [0.2, 0.25) is 0 Å². The number of hydrogen-bond acceptors (Lipinski definition) is 6. The highest BCUT2D eigenvalue weighted by atomic mass is 16.2. The van der Waals surface area contributed by atoms with Crippen LogP contribution in [0.5, 0.6) is 0 Å². The molecular formula is C20H20N4O4. The largest absolute Gasteiger partial charge is 0.369 e. The molecule has 3 heterocycles. The second-order valence-corrected chi connectivity index (χ2v) is 7.12. The van der Waals surface area contributed by atoms with Gasteiger partial charge in [0.1, 0.15) is 7.41 Å². The summed E-state index contributed by atoms with van der Waals surface area (Å²) in [6.07, 6.45) is 2.40. The van der Waals surface area contributed by atoms with Crippen molar-refractivity contribution in [2.24, 2.45) is 0 Å². The second-order valence-electron chi connectivity index (χ2n) is 7.12. The van der Waals surface area contributed by atoms with Gasteiger partial charge in [-0.2, -0.15) is 0 Å². The Morgan fingerprint density at radius 3 is 2.57 bits per heavy atom. The predicted molar refractivity (Wildman–Crippen MR) is 101 cm³/mol. The van der Waals surface area contributed by atoms with Crippen LogP contribution in [0.3, 0.4) is 0 Å². The standard InChI is InChI=1S/C20H20N4O4/c1-2-7-22-8-10-23(11-9-22)13-3-4-14-15(12-13)20(28)24(19(14)27)16-5-6-17(25)21-18(16)26/h1,3-4,12,16H,5-11H2,(H,21,25,26)/i1D. The van der Waals surface area contributed by atoms with Crippen LogP contribution in [0, 0.1) is 12.3 Å². The van der Waals surface area contributed by atoms with Gasteiger partial charge in [-0.3, -0.25) is 34.3 Å². The van der Waals surface area contributed by atoms with Crippen LogP contribution in [-0.2, 0) is 9.59 Å². The summed E-state index contributed by atoms with van der Waals surface area (Å²) in [7, 11) is 0. The maximum absolute atomic E-state index is 12.9. The van der Waals surface area contributed by atoms with E-state index in [9.17, 15) is 19.2 Å². The highest BCUT2D eigenvalue weighted by Crippen LogP contribution is 2.30. The molecule has 144 valence electrons. The normalized spacial score (nSPS) is 23.1. The molecule has 28 heavy (non-hydrogen) atoms. The van der Waals surface area contributed by atoms with E-state index in [2.05, 4.69) is 27.4 Å². The monoisotopic (exact) mass is 381 g/mol. The van der Waals surface area contributed by atoms with Gasteiger partial charge in [-0.15, -0.1) is 6.40 Å². The molecule has 0 aromatic heterocycles. The first-order chi connectivity index (χ1) is 14.0. The first-order valence-electron chi connectivity index (χ1n) is 9.72. The minimum absolute atomic E-state index is 0.101. The van der Waals surface area contributed by atoms with Crippen LogP contribution >= 0.6 is 0 Å². The highest BCUT2D eigenvalue weighted by Gasteiger charge is 2.44. The maximum Gasteiger partial charge on any atom is 0.262 e. The molecule has 2 saturated heterocycles. The number of piperidine rings is 1. The zero-order chi connectivity index (χ0) is 20.5. The van der Waals surface area contributed by atoms with Crippen molar-refractivity contribution in [1.82, 2.24) is 15.1 Å². The zero-order valence-electron chi connectivity index (χ0n) is 16.2. The third-order valence-electron chi connectivity index (χ3n) is 5.46. The molecule has 4 amide bonds. The zero-order valence-corrected chi connectivity index (χ0v) is 15.2. The van der Waals surface area contributed by atoms with Gasteiger partial charge >= 0.3 is 0 Å². The van der Waals surface area contributed by atoms with Crippen LogP contribution in [0.4, 0.5) is 5.69 Å². The summed E-state index contributed by atoms with van der Waals surface area (Å²) in [4.78, 5) is 54.5. The molecule has 0 bridgehead atoms. The Morgan fingerprint density at radius 1 is 1.11 bits per heavy atom. The molecule has 3 aliphatic heterocycles. The fourth-order valence-electron chi connectivity index (χ4n) is 3.93. The fourth-order valence-corrected chi connectivity index (χ4v) is 3.93. The topological polar surface area (TPSA) is 90.0 Å². The molecule has 1 aromatic carbocycles. The number of hydrogen-bond donors (Lipinski definition) is 1. The van der Waals surface area contributed by atoms with Crippen LogP contribution in [0.1, 0.15) is 34.9 Å². The van der Waals surface area contributed by atoms with Crippen molar-refractivity contribution in [1.29, 1.82) is 0 Å². The van der Waals surface area contributed by atoms with Gasteiger partial charge in [0, 0.05) is 38.3 Å². The number of fused-ring (bicyclic) bond motifs is 1. The molecule has 8 heteroatoms. The number of carbonyl (C=O) groups is 4. The number of nitrogens with zero attached hydrogens (tertiary/aromatic N) is 3. The number of benzene rings is 1. The Morgan fingerprint density at radius 2 is 1.86 bits per heavy atom. The molecule has 1 unspecified atom stereocenters. The molecule has 0 aliphatic carbocycles. The summed E-state index contributed by atoms with van der Waals surface area (Å²) in [5.41, 5.74) is 1.42. The molecule has 8 nitrogen and oxygen atoms in total. The van der Waals surface area contributed by atoms with Gasteiger partial charge in [-0.25, -0.2) is 0 Å². The molecule has 0 saturated carbocycles. The Kier molecular flexibility index (Phi) is 4.29. The number of terminal acetylenes is 1. The average molecular weight is 381 g/mol. The Labute approximate surface area is 163 Å². The third-order valence-corrected chi connectivity index (χ3v) is 5.46. The van der Waals surface area contributed by atoms with E-state index in [1.54, 1.807) is 12.1 Å². The van der Waals surface area contributed by atoms with E-state index in [4.69, 9.17) is 1.37 Å². The van der Waals surface area contributed by atoms with Crippen molar-refractivity contribution >= 4 is 29.3 Å². The molecule has 1 aromatic rings. The van der Waals surface area contributed by atoms with E-state index >= 15 is 0 Å². The fraction of sp³-hybridized carbons (Fsp3) is 0.400. The summed E-state index contributed by atoms with van der Waals surface area (Å²) in [6.45, 7) is 3.65. The van der Waals surface area contributed by atoms with Crippen LogP contribution < -0.4 is 10.2 Å². The lowest BCUT2D eigenvalue weighted by Crippen LogP contribution is -2.54. The summed E-state index contributed by atoms with van der Waals surface area (Å²) < 4.78 is 6.91. The second kappa shape index (κ2) is 7.09. The van der Waals surface area contributed by atoms with Crippen LogP contribution in [0.25, 0.3) is 0 Å². The quantitative estimate of drug-likeness (QED) is 0.578.